The number of carbonyl (C=O) groups is 2. The predicted octanol–water partition coefficient (Wildman–Crippen LogP) is -1.10. The van der Waals surface area contributed by atoms with Gasteiger partial charge in [-0.05, 0) is 13.8 Å². The maximum Gasteiger partial charge on any atom is 0.239 e. The zero-order valence-corrected chi connectivity index (χ0v) is 7.18. The van der Waals surface area contributed by atoms with Crippen molar-refractivity contribution < 1.29 is 9.59 Å². The van der Waals surface area contributed by atoms with Crippen molar-refractivity contribution in [2.24, 2.45) is 0 Å². The summed E-state index contributed by atoms with van der Waals surface area (Å²) in [7, 11) is 0. The summed E-state index contributed by atoms with van der Waals surface area (Å²) in [6.07, 6.45) is 0.221. The summed E-state index contributed by atoms with van der Waals surface area (Å²) >= 11 is 0. The van der Waals surface area contributed by atoms with Gasteiger partial charge in [0.15, 0.2) is 0 Å². The molecular weight excluding hydrogens is 158 g/mol. The van der Waals surface area contributed by atoms with E-state index in [4.69, 9.17) is 0 Å². The maximum absolute atomic E-state index is 11.2. The highest BCUT2D eigenvalue weighted by Gasteiger charge is 2.27. The van der Waals surface area contributed by atoms with Crippen molar-refractivity contribution in [1.82, 2.24) is 16.2 Å². The zero-order valence-electron chi connectivity index (χ0n) is 7.18. The molecular formula is C7H13N3O2. The van der Waals surface area contributed by atoms with Gasteiger partial charge in [-0.25, -0.2) is 5.43 Å². The van der Waals surface area contributed by atoms with Crippen molar-refractivity contribution in [1.29, 1.82) is 0 Å². The van der Waals surface area contributed by atoms with Gasteiger partial charge in [-0.15, -0.1) is 0 Å². The molecule has 1 aliphatic rings. The molecule has 12 heavy (non-hydrogen) atoms. The lowest BCUT2D eigenvalue weighted by Crippen LogP contribution is -2.45. The van der Waals surface area contributed by atoms with Gasteiger partial charge in [-0.2, -0.15) is 0 Å². The molecule has 0 aromatic rings. The van der Waals surface area contributed by atoms with Crippen molar-refractivity contribution in [2.45, 2.75) is 32.4 Å². The Balaban J connectivity index is 2.38. The number of hydrazine groups is 1. The number of carbonyl (C=O) groups excluding carboxylic acids is 2. The van der Waals surface area contributed by atoms with E-state index < -0.39 is 6.04 Å². The molecule has 1 saturated heterocycles. The van der Waals surface area contributed by atoms with Crippen molar-refractivity contribution >= 4 is 11.8 Å². The molecule has 0 aromatic carbocycles. The van der Waals surface area contributed by atoms with Gasteiger partial charge >= 0.3 is 0 Å². The minimum absolute atomic E-state index is 0.106. The fourth-order valence-corrected chi connectivity index (χ4v) is 0.998. The molecule has 5 heteroatoms. The van der Waals surface area contributed by atoms with Crippen molar-refractivity contribution in [2.75, 3.05) is 0 Å². The van der Waals surface area contributed by atoms with Crippen LogP contribution in [0.2, 0.25) is 0 Å². The Morgan fingerprint density at radius 2 is 2.33 bits per heavy atom. The van der Waals surface area contributed by atoms with Crippen LogP contribution in [0.1, 0.15) is 20.3 Å². The molecule has 0 aliphatic carbocycles. The standard InChI is InChI=1S/C7H13N3O2/c1-4(2)8-7(12)5-3-6(11)10-9-5/h4-5,9H,3H2,1-2H3,(H,8,12)(H,10,11). The highest BCUT2D eigenvalue weighted by molar-refractivity contribution is 5.90. The Labute approximate surface area is 70.9 Å². The average molecular weight is 171 g/mol. The molecule has 0 aromatic heterocycles. The van der Waals surface area contributed by atoms with Crippen LogP contribution < -0.4 is 16.2 Å². The van der Waals surface area contributed by atoms with Crippen molar-refractivity contribution in [3.63, 3.8) is 0 Å². The van der Waals surface area contributed by atoms with Gasteiger partial charge < -0.3 is 5.32 Å². The van der Waals surface area contributed by atoms with E-state index in [0.29, 0.717) is 0 Å². The molecule has 1 heterocycles. The Kier molecular flexibility index (Phi) is 2.65. The Bertz CT molecular complexity index is 203. The summed E-state index contributed by atoms with van der Waals surface area (Å²) in [5.74, 6) is -0.276. The third kappa shape index (κ3) is 2.20. The van der Waals surface area contributed by atoms with Gasteiger partial charge in [0.2, 0.25) is 11.8 Å². The normalized spacial score (nSPS) is 22.6. The van der Waals surface area contributed by atoms with Gasteiger partial charge in [0.05, 0.1) is 6.42 Å². The molecule has 1 aliphatic heterocycles. The van der Waals surface area contributed by atoms with E-state index in [-0.39, 0.29) is 24.3 Å². The molecule has 0 radical (unpaired) electrons. The van der Waals surface area contributed by atoms with E-state index in [1.54, 1.807) is 0 Å². The van der Waals surface area contributed by atoms with E-state index >= 15 is 0 Å². The maximum atomic E-state index is 11.2. The number of amides is 2. The number of nitrogens with one attached hydrogen (secondary N) is 3. The van der Waals surface area contributed by atoms with Crippen LogP contribution in [0.4, 0.5) is 0 Å². The lowest BCUT2D eigenvalue weighted by molar-refractivity contribution is -0.124. The second-order valence-electron chi connectivity index (χ2n) is 3.11. The Hall–Kier alpha value is -1.10. The van der Waals surface area contributed by atoms with E-state index in [0.717, 1.165) is 0 Å². The summed E-state index contributed by atoms with van der Waals surface area (Å²) in [6, 6.07) is -0.310. The first-order chi connectivity index (χ1) is 5.59. The molecule has 68 valence electrons. The van der Waals surface area contributed by atoms with Gasteiger partial charge in [0, 0.05) is 6.04 Å². The molecule has 1 rings (SSSR count). The van der Waals surface area contributed by atoms with Crippen molar-refractivity contribution in [3.05, 3.63) is 0 Å². The highest BCUT2D eigenvalue weighted by Crippen LogP contribution is 1.97. The SMILES string of the molecule is CC(C)NC(=O)C1CC(=O)NN1. The highest BCUT2D eigenvalue weighted by atomic mass is 16.2. The molecule has 3 N–H and O–H groups in total. The molecule has 2 amide bonds. The summed E-state index contributed by atoms with van der Waals surface area (Å²) < 4.78 is 0. The average Bonchev–Trinajstić information content (AvgIpc) is 2.34. The molecule has 1 fully saturated rings. The lowest BCUT2D eigenvalue weighted by atomic mass is 10.2. The van der Waals surface area contributed by atoms with Crippen LogP contribution in [-0.2, 0) is 9.59 Å². The van der Waals surface area contributed by atoms with E-state index in [9.17, 15) is 9.59 Å². The van der Waals surface area contributed by atoms with Crippen LogP contribution in [0.3, 0.4) is 0 Å². The van der Waals surface area contributed by atoms with Gasteiger partial charge in [0.1, 0.15) is 6.04 Å². The second-order valence-corrected chi connectivity index (χ2v) is 3.11. The first kappa shape index (κ1) is 8.99. The summed E-state index contributed by atoms with van der Waals surface area (Å²) in [4.78, 5) is 21.9. The quantitative estimate of drug-likeness (QED) is 0.494. The van der Waals surface area contributed by atoms with E-state index in [2.05, 4.69) is 16.2 Å². The number of rotatable bonds is 2. The fourth-order valence-electron chi connectivity index (χ4n) is 0.998. The van der Waals surface area contributed by atoms with Crippen LogP contribution in [0, 0.1) is 0 Å². The number of hydrogen-bond acceptors (Lipinski definition) is 3. The van der Waals surface area contributed by atoms with Crippen LogP contribution in [-0.4, -0.2) is 23.9 Å². The van der Waals surface area contributed by atoms with E-state index in [1.807, 2.05) is 13.8 Å². The van der Waals surface area contributed by atoms with Crippen LogP contribution in [0.5, 0.6) is 0 Å². The molecule has 1 unspecified atom stereocenters. The summed E-state index contributed by atoms with van der Waals surface area (Å²) in [5.41, 5.74) is 4.97. The molecule has 0 spiro atoms. The fraction of sp³-hybridized carbons (Fsp3) is 0.714. The first-order valence-electron chi connectivity index (χ1n) is 3.94. The van der Waals surface area contributed by atoms with Crippen molar-refractivity contribution in [3.8, 4) is 0 Å². The van der Waals surface area contributed by atoms with Gasteiger partial charge in [0.25, 0.3) is 0 Å². The largest absolute Gasteiger partial charge is 0.353 e. The Morgan fingerprint density at radius 1 is 1.67 bits per heavy atom. The minimum atomic E-state index is -0.417. The minimum Gasteiger partial charge on any atom is -0.353 e. The third-order valence-electron chi connectivity index (χ3n) is 1.52. The summed E-state index contributed by atoms with van der Waals surface area (Å²) in [5, 5.41) is 2.71. The topological polar surface area (TPSA) is 70.2 Å². The second kappa shape index (κ2) is 3.53. The van der Waals surface area contributed by atoms with Gasteiger partial charge in [-0.3, -0.25) is 15.0 Å². The molecule has 5 nitrogen and oxygen atoms in total. The van der Waals surface area contributed by atoms with Crippen LogP contribution >= 0.6 is 0 Å². The number of hydrogen-bond donors (Lipinski definition) is 3. The third-order valence-corrected chi connectivity index (χ3v) is 1.52. The first-order valence-corrected chi connectivity index (χ1v) is 3.94. The summed E-state index contributed by atoms with van der Waals surface area (Å²) in [6.45, 7) is 3.75. The monoisotopic (exact) mass is 171 g/mol. The zero-order chi connectivity index (χ0) is 9.14. The van der Waals surface area contributed by atoms with Gasteiger partial charge in [-0.1, -0.05) is 0 Å². The van der Waals surface area contributed by atoms with E-state index in [1.165, 1.54) is 0 Å². The molecule has 1 atom stereocenters. The molecule has 0 bridgehead atoms. The lowest BCUT2D eigenvalue weighted by Gasteiger charge is -2.11. The van der Waals surface area contributed by atoms with Crippen LogP contribution in [0.15, 0.2) is 0 Å². The van der Waals surface area contributed by atoms with Crippen LogP contribution in [0.25, 0.3) is 0 Å². The predicted molar refractivity (Wildman–Crippen MR) is 43.0 cm³/mol. The smallest absolute Gasteiger partial charge is 0.239 e. The molecule has 0 saturated carbocycles. The Morgan fingerprint density at radius 3 is 2.75 bits per heavy atom.